The number of aliphatic carboxylic acids is 1. The molecule has 1 amide bonds. The molecule has 0 aromatic carbocycles. The summed E-state index contributed by atoms with van der Waals surface area (Å²) in [5.41, 5.74) is -0.651. The van der Waals surface area contributed by atoms with Crippen molar-refractivity contribution in [3.8, 4) is 0 Å². The first kappa shape index (κ1) is 12.9. The normalized spacial score (nSPS) is 33.0. The van der Waals surface area contributed by atoms with Crippen molar-refractivity contribution in [2.24, 2.45) is 17.8 Å². The average Bonchev–Trinajstić information content (AvgIpc) is 3.07. The molecule has 3 fully saturated rings. The molecular weight excluding hydrogens is 246 g/mol. The van der Waals surface area contributed by atoms with E-state index in [2.05, 4.69) is 0 Å². The van der Waals surface area contributed by atoms with Gasteiger partial charge in [0, 0.05) is 20.2 Å². The van der Waals surface area contributed by atoms with Gasteiger partial charge in [0.2, 0.25) is 0 Å². The summed E-state index contributed by atoms with van der Waals surface area (Å²) in [6.07, 6.45) is 4.79. The Labute approximate surface area is 112 Å². The molecule has 1 N–H and O–H groups in total. The fourth-order valence-corrected chi connectivity index (χ4v) is 3.55. The molecule has 19 heavy (non-hydrogen) atoms. The SMILES string of the molecule is COC1(C(=O)N2C[C@H](C(=O)O)[C@@H](C3CC3)C2)CCC1. The molecule has 2 saturated carbocycles. The summed E-state index contributed by atoms with van der Waals surface area (Å²) in [6.45, 7) is 0.964. The molecule has 3 rings (SSSR count). The first-order chi connectivity index (χ1) is 9.07. The van der Waals surface area contributed by atoms with Gasteiger partial charge in [-0.15, -0.1) is 0 Å². The summed E-state index contributed by atoms with van der Waals surface area (Å²) in [5.74, 6) is -0.470. The minimum atomic E-state index is -0.757. The van der Waals surface area contributed by atoms with Crippen molar-refractivity contribution in [3.63, 3.8) is 0 Å². The standard InChI is InChI=1S/C14H21NO4/c1-19-14(5-2-6-14)13(18)15-7-10(9-3-4-9)11(8-15)12(16)17/h9-11H,2-8H2,1H3,(H,16,17)/t10-,11+/m1/s1. The van der Waals surface area contributed by atoms with Gasteiger partial charge in [-0.25, -0.2) is 0 Å². The second kappa shape index (κ2) is 4.47. The first-order valence-electron chi connectivity index (χ1n) is 7.15. The molecule has 0 spiro atoms. The number of likely N-dealkylation sites (tertiary alicyclic amines) is 1. The molecular formula is C14H21NO4. The molecule has 1 saturated heterocycles. The number of hydrogen-bond donors (Lipinski definition) is 1. The van der Waals surface area contributed by atoms with Crippen LogP contribution in [-0.2, 0) is 14.3 Å². The zero-order valence-corrected chi connectivity index (χ0v) is 11.3. The number of carboxylic acids is 1. The second-order valence-corrected chi connectivity index (χ2v) is 6.21. The van der Waals surface area contributed by atoms with Crippen molar-refractivity contribution in [3.05, 3.63) is 0 Å². The third-order valence-electron chi connectivity index (χ3n) is 5.14. The summed E-state index contributed by atoms with van der Waals surface area (Å²) >= 11 is 0. The lowest BCUT2D eigenvalue weighted by atomic mass is 9.79. The van der Waals surface area contributed by atoms with Crippen LogP contribution in [0.4, 0.5) is 0 Å². The van der Waals surface area contributed by atoms with E-state index in [-0.39, 0.29) is 17.7 Å². The van der Waals surface area contributed by atoms with Gasteiger partial charge in [0.15, 0.2) is 0 Å². The Morgan fingerprint density at radius 1 is 1.26 bits per heavy atom. The Bertz CT molecular complexity index is 395. The number of amides is 1. The number of rotatable bonds is 4. The fraction of sp³-hybridized carbons (Fsp3) is 0.857. The summed E-state index contributed by atoms with van der Waals surface area (Å²) in [5, 5.41) is 9.32. The predicted molar refractivity (Wildman–Crippen MR) is 67.5 cm³/mol. The highest BCUT2D eigenvalue weighted by Crippen LogP contribution is 2.45. The molecule has 1 heterocycles. The van der Waals surface area contributed by atoms with Crippen molar-refractivity contribution >= 4 is 11.9 Å². The molecule has 106 valence electrons. The molecule has 0 unspecified atom stereocenters. The van der Waals surface area contributed by atoms with E-state index in [9.17, 15) is 14.7 Å². The molecule has 5 heteroatoms. The van der Waals surface area contributed by atoms with E-state index in [1.54, 1.807) is 12.0 Å². The maximum Gasteiger partial charge on any atom is 0.308 e. The predicted octanol–water partition coefficient (Wildman–Crippen LogP) is 1.12. The van der Waals surface area contributed by atoms with Gasteiger partial charge in [-0.3, -0.25) is 9.59 Å². The zero-order valence-electron chi connectivity index (χ0n) is 11.3. The largest absolute Gasteiger partial charge is 0.481 e. The third kappa shape index (κ3) is 2.04. The zero-order chi connectivity index (χ0) is 13.6. The molecule has 0 aromatic heterocycles. The van der Waals surface area contributed by atoms with Gasteiger partial charge in [-0.2, -0.15) is 0 Å². The average molecular weight is 267 g/mol. The first-order valence-corrected chi connectivity index (χ1v) is 7.15. The van der Waals surface area contributed by atoms with E-state index in [0.29, 0.717) is 19.0 Å². The summed E-state index contributed by atoms with van der Waals surface area (Å²) in [7, 11) is 1.58. The number of carbonyl (C=O) groups is 2. The number of nitrogens with zero attached hydrogens (tertiary/aromatic N) is 1. The molecule has 0 bridgehead atoms. The van der Waals surface area contributed by atoms with Crippen LogP contribution in [0.15, 0.2) is 0 Å². The van der Waals surface area contributed by atoms with Crippen molar-refractivity contribution in [2.45, 2.75) is 37.7 Å². The fourth-order valence-electron chi connectivity index (χ4n) is 3.55. The number of carboxylic acid groups (broad SMARTS) is 1. The van der Waals surface area contributed by atoms with Gasteiger partial charge in [0.25, 0.3) is 5.91 Å². The highest BCUT2D eigenvalue weighted by molar-refractivity contribution is 5.87. The van der Waals surface area contributed by atoms with E-state index >= 15 is 0 Å². The van der Waals surface area contributed by atoms with Gasteiger partial charge in [0.1, 0.15) is 5.60 Å². The van der Waals surface area contributed by atoms with E-state index < -0.39 is 11.6 Å². The Hall–Kier alpha value is -1.10. The van der Waals surface area contributed by atoms with Gasteiger partial charge in [-0.1, -0.05) is 0 Å². The van der Waals surface area contributed by atoms with E-state index in [0.717, 1.165) is 32.1 Å². The number of ether oxygens (including phenoxy) is 1. The lowest BCUT2D eigenvalue weighted by Gasteiger charge is -2.41. The number of methoxy groups -OCH3 is 1. The molecule has 5 nitrogen and oxygen atoms in total. The molecule has 0 aromatic rings. The van der Waals surface area contributed by atoms with Gasteiger partial charge >= 0.3 is 5.97 Å². The summed E-state index contributed by atoms with van der Waals surface area (Å²) < 4.78 is 5.42. The van der Waals surface area contributed by atoms with Crippen LogP contribution in [-0.4, -0.2) is 47.7 Å². The van der Waals surface area contributed by atoms with Gasteiger partial charge < -0.3 is 14.7 Å². The molecule has 0 radical (unpaired) electrons. The van der Waals surface area contributed by atoms with Crippen LogP contribution in [0, 0.1) is 17.8 Å². The molecule has 2 aliphatic carbocycles. The lowest BCUT2D eigenvalue weighted by Crippen LogP contribution is -2.54. The smallest absolute Gasteiger partial charge is 0.308 e. The van der Waals surface area contributed by atoms with Gasteiger partial charge in [-0.05, 0) is 43.9 Å². The Balaban J connectivity index is 1.72. The van der Waals surface area contributed by atoms with Crippen molar-refractivity contribution in [1.29, 1.82) is 0 Å². The minimum Gasteiger partial charge on any atom is -0.481 e. The Kier molecular flexibility index (Phi) is 3.04. The topological polar surface area (TPSA) is 66.8 Å². The van der Waals surface area contributed by atoms with Crippen LogP contribution in [0.2, 0.25) is 0 Å². The van der Waals surface area contributed by atoms with E-state index in [4.69, 9.17) is 4.74 Å². The minimum absolute atomic E-state index is 0.00986. The molecule has 1 aliphatic heterocycles. The van der Waals surface area contributed by atoms with Crippen molar-refractivity contribution in [2.75, 3.05) is 20.2 Å². The van der Waals surface area contributed by atoms with E-state index in [1.807, 2.05) is 0 Å². The molecule has 2 atom stereocenters. The Morgan fingerprint density at radius 3 is 2.37 bits per heavy atom. The summed E-state index contributed by atoms with van der Waals surface area (Å²) in [4.78, 5) is 25.6. The summed E-state index contributed by atoms with van der Waals surface area (Å²) in [6, 6.07) is 0. The van der Waals surface area contributed by atoms with Crippen LogP contribution >= 0.6 is 0 Å². The van der Waals surface area contributed by atoms with Crippen LogP contribution in [0.1, 0.15) is 32.1 Å². The maximum atomic E-state index is 12.5. The molecule has 3 aliphatic rings. The van der Waals surface area contributed by atoms with Gasteiger partial charge in [0.05, 0.1) is 5.92 Å². The lowest BCUT2D eigenvalue weighted by molar-refractivity contribution is -0.165. The van der Waals surface area contributed by atoms with Crippen LogP contribution in [0.3, 0.4) is 0 Å². The Morgan fingerprint density at radius 2 is 1.95 bits per heavy atom. The number of hydrogen-bond acceptors (Lipinski definition) is 3. The second-order valence-electron chi connectivity index (χ2n) is 6.21. The van der Waals surface area contributed by atoms with Crippen molar-refractivity contribution < 1.29 is 19.4 Å². The van der Waals surface area contributed by atoms with E-state index in [1.165, 1.54) is 0 Å². The maximum absolute atomic E-state index is 12.5. The van der Waals surface area contributed by atoms with Crippen LogP contribution in [0.25, 0.3) is 0 Å². The monoisotopic (exact) mass is 267 g/mol. The highest BCUT2D eigenvalue weighted by atomic mass is 16.5. The number of carbonyl (C=O) groups excluding carboxylic acids is 1. The van der Waals surface area contributed by atoms with Crippen molar-refractivity contribution in [1.82, 2.24) is 4.90 Å². The van der Waals surface area contributed by atoms with Crippen LogP contribution in [0.5, 0.6) is 0 Å². The third-order valence-corrected chi connectivity index (χ3v) is 5.14. The quantitative estimate of drug-likeness (QED) is 0.829. The van der Waals surface area contributed by atoms with Crippen LogP contribution < -0.4 is 0 Å². The highest BCUT2D eigenvalue weighted by Gasteiger charge is 2.52.